The molecule has 43 nitrogen and oxygen atoms in total. The van der Waals surface area contributed by atoms with Crippen LogP contribution < -0.4 is 79.3 Å². The van der Waals surface area contributed by atoms with Gasteiger partial charge in [-0.25, -0.2) is 9.59 Å². The molecular weight excluding hydrogens is 1930 g/mol. The first kappa shape index (κ1) is 109. The molecule has 7 aromatic carbocycles. The minimum absolute atomic E-state index is 0.167. The third-order valence-corrected chi connectivity index (χ3v) is 26.3. The number of likely N-dealkylation sites (N-methyl/N-ethyl adjacent to an activating group) is 1. The van der Waals surface area contributed by atoms with Gasteiger partial charge in [0.25, 0.3) is 0 Å². The van der Waals surface area contributed by atoms with Crippen molar-refractivity contribution in [3.8, 4) is 56.8 Å². The molecule has 0 unspecified atom stereocenters. The predicted octanol–water partition coefficient (Wildman–Crippen LogP) is 3.34. The zero-order valence-electron chi connectivity index (χ0n) is 78.8. The summed E-state index contributed by atoms with van der Waals surface area (Å²) >= 11 is 21.0. The smallest absolute Gasteiger partial charge is 0.413 e. The molecule has 46 heteroatoms. The quantitative estimate of drug-likeness (QED) is 0.0168. The summed E-state index contributed by atoms with van der Waals surface area (Å²) in [4.78, 5) is 151. The SMILES string of the molecule is CC(C)C[C@H](C(=O)N[C@H]1C(=O)N[C@@H](CC(N)=O)C(=O)N[C@H]2C(=O)N[C@H]3C(=O)N[C@H](C(=O)N[C@H](C(=O)O)c4cc(O)ccc4-c4cc3ccc4C(O)O)[C@H](O[C@H]3C[C@](C)(N)[C@@H](O)[C@H](C)O3)c3ccc(c(Cl)c3)Oc3cc2cc(c3O[C@@H]2O[C@H](CO)[C@@H](O)[C@H](O)[C@H]2O[C@H]2C[C@](C)(NCc3ccc(-c4ccc(Cl)cc4)cc3)[C@@H](O)[C@H](C)O2)Oc2ccc(cc2Cl)[C@H]1O)N(C)C(=O)OCOC(=O)CNCCCNCCCN. The Morgan fingerprint density at radius 3 is 1.87 bits per heavy atom. The van der Waals surface area contributed by atoms with Gasteiger partial charge in [0, 0.05) is 48.1 Å². The number of aliphatic carboxylic acids is 1. The van der Waals surface area contributed by atoms with Gasteiger partial charge in [0.05, 0.1) is 54.0 Å². The molecule has 8 amide bonds. The lowest BCUT2D eigenvalue weighted by atomic mass is 9.84. The maximum absolute atomic E-state index is 16.8. The highest BCUT2D eigenvalue weighted by atomic mass is 35.5. The van der Waals surface area contributed by atoms with Crippen molar-refractivity contribution in [1.29, 1.82) is 0 Å². The molecule has 0 spiro atoms. The van der Waals surface area contributed by atoms with Crippen molar-refractivity contribution < 1.29 is 146 Å². The predicted molar refractivity (Wildman–Crippen MR) is 509 cm³/mol. The number of carbonyl (C=O) groups is 10. The van der Waals surface area contributed by atoms with Gasteiger partial charge in [-0.3, -0.25) is 43.3 Å². The van der Waals surface area contributed by atoms with Gasteiger partial charge in [-0.15, -0.1) is 0 Å². The Hall–Kier alpha value is -11.6. The fraction of sp³-hybridized carbons (Fsp3) is 0.464. The molecule has 0 aromatic heterocycles. The van der Waals surface area contributed by atoms with Gasteiger partial charge in [-0.2, -0.15) is 0 Å². The number of nitrogens with zero attached hydrogens (tertiary/aromatic N) is 1. The number of esters is 1. The van der Waals surface area contributed by atoms with Crippen LogP contribution in [-0.2, 0) is 82.9 Å². The van der Waals surface area contributed by atoms with Crippen LogP contribution in [0.5, 0.6) is 34.5 Å². The second kappa shape index (κ2) is 47.5. The molecule has 0 saturated carbocycles. The lowest BCUT2D eigenvalue weighted by molar-refractivity contribution is -0.334. The van der Waals surface area contributed by atoms with E-state index in [0.29, 0.717) is 37.6 Å². The number of primary amides is 1. The second-order valence-corrected chi connectivity index (χ2v) is 38.0. The number of aromatic hydroxyl groups is 1. The highest BCUT2D eigenvalue weighted by Gasteiger charge is 2.54. The summed E-state index contributed by atoms with van der Waals surface area (Å²) in [7, 11) is 1.15. The Kier molecular flexibility index (Phi) is 36.1. The number of aliphatic hydroxyl groups is 8. The largest absolute Gasteiger partial charge is 0.508 e. The van der Waals surface area contributed by atoms with Crippen LogP contribution in [0.1, 0.15) is 156 Å². The number of halogens is 3. The van der Waals surface area contributed by atoms with E-state index in [1.807, 2.05) is 36.4 Å². The number of hydrogen-bond donors (Lipinski definition) is 22. The van der Waals surface area contributed by atoms with Crippen molar-refractivity contribution in [1.82, 2.24) is 52.8 Å². The summed E-state index contributed by atoms with van der Waals surface area (Å²) in [6.07, 6.45) is -26.4. The normalized spacial score (nSPS) is 27.4. The second-order valence-electron chi connectivity index (χ2n) is 36.8. The molecule has 11 bridgehead atoms. The molecule has 0 aliphatic carbocycles. The molecule has 8 heterocycles. The zero-order valence-corrected chi connectivity index (χ0v) is 81.0. The molecule has 25 N–H and O–H groups in total. The van der Waals surface area contributed by atoms with Crippen molar-refractivity contribution in [2.24, 2.45) is 23.1 Å². The van der Waals surface area contributed by atoms with Crippen LogP contribution in [0.15, 0.2) is 133 Å². The van der Waals surface area contributed by atoms with Crippen LogP contribution in [0.3, 0.4) is 0 Å². The van der Waals surface area contributed by atoms with Crippen molar-refractivity contribution in [3.05, 3.63) is 187 Å². The monoisotopic (exact) mass is 2050 g/mol. The standard InChI is InChI=1S/C97H118Cl3N13O30/c1-44(2)30-63(113(7)95(133)135-43-134-70(117)41-105-29-9-28-104-27-8-26-101)87(124)111-76-78(118)51-17-24-64(60(99)32-51)138-66-34-53-35-67(82(66)143-94-83(80(120)79(119)68(42-114)140-94)142-72-39-97(6,85(122)46(4)137-72)106-40-47-10-12-48(13-11-47)49-14-19-54(98)20-15-49)139-65-25-18-52(33-61(65)100)81(141-71-38-96(5,103)84(121)45(3)136-71)77-91(128)110-75(93(131)132)59-36-55(115)21-23-56(59)58-31-50(16-22-57(58)92(129)130)73(88(125)112-77)109-89(126)74(53)108-86(123)62(37-69(102)116)107-90(76)127/h10-25,31-36,44-46,62-63,68,71-81,83-85,92,94,104-106,114-115,118-122,129-130H,8-9,26-30,37-43,101,103H2,1-7H3,(H2,102,116)(H,107,127)(H,108,123)(H,109,126)(H,110,128)(H,111,124)(H,112,125)(H,131,132)/t45-,46-,62-,63+,68+,71-,72-,73+,74+,75-,76+,77-,78+,79+,80-,81+,83+,84-,85-,94-,96-,97-/m0/s1. The van der Waals surface area contributed by atoms with E-state index in [2.05, 4.69) is 47.9 Å². The van der Waals surface area contributed by atoms with Crippen LogP contribution in [-0.4, -0.2) is 271 Å². The van der Waals surface area contributed by atoms with Crippen LogP contribution in [0.25, 0.3) is 22.3 Å². The Labute approximate surface area is 835 Å². The fourth-order valence-electron chi connectivity index (χ4n) is 17.7. The number of nitrogens with two attached hydrogens (primary N) is 3. The number of phenolic OH excluding ortho intramolecular Hbond substituents is 1. The Morgan fingerprint density at radius 2 is 1.24 bits per heavy atom. The first-order valence-corrected chi connectivity index (χ1v) is 47.3. The molecule has 3 saturated heterocycles. The van der Waals surface area contributed by atoms with E-state index in [9.17, 15) is 70.2 Å². The van der Waals surface area contributed by atoms with Gasteiger partial charge < -0.3 is 163 Å². The molecular formula is C97H118Cl3N13O30. The highest BCUT2D eigenvalue weighted by molar-refractivity contribution is 6.32. The summed E-state index contributed by atoms with van der Waals surface area (Å²) < 4.78 is 63.6. The maximum Gasteiger partial charge on any atom is 0.413 e. The number of hydrogen-bond acceptors (Lipinski definition) is 34. The van der Waals surface area contributed by atoms with Crippen LogP contribution in [0.2, 0.25) is 15.1 Å². The van der Waals surface area contributed by atoms with Crippen LogP contribution >= 0.6 is 34.8 Å². The number of rotatable bonds is 31. The topological polar surface area (TPSA) is 655 Å². The van der Waals surface area contributed by atoms with E-state index in [1.54, 1.807) is 39.8 Å². The number of nitrogens with one attached hydrogen (secondary N) is 9. The maximum atomic E-state index is 16.8. The Balaban J connectivity index is 0.972. The number of carbonyl (C=O) groups excluding carboxylic acids is 9. The summed E-state index contributed by atoms with van der Waals surface area (Å²) in [6, 6.07) is 14.8. The number of phenols is 1. The number of aliphatic hydroxyl groups excluding tert-OH is 7. The van der Waals surface area contributed by atoms with Gasteiger partial charge in [0.2, 0.25) is 60.2 Å². The third-order valence-electron chi connectivity index (χ3n) is 25.5. The first-order valence-electron chi connectivity index (χ1n) is 46.2. The number of carboxylic acids is 1. The minimum atomic E-state index is -2.48. The molecule has 8 aliphatic rings. The van der Waals surface area contributed by atoms with E-state index in [-0.39, 0.29) is 60.2 Å². The summed E-state index contributed by atoms with van der Waals surface area (Å²) in [6.45, 7) is 9.75. The Bertz CT molecular complexity index is 5780. The van der Waals surface area contributed by atoms with Crippen molar-refractivity contribution >= 4 is 94.2 Å². The summed E-state index contributed by atoms with van der Waals surface area (Å²) in [5.41, 5.74) is 15.2. The van der Waals surface area contributed by atoms with Crippen LogP contribution in [0.4, 0.5) is 4.79 Å². The molecule has 143 heavy (non-hydrogen) atoms. The van der Waals surface area contributed by atoms with Crippen LogP contribution in [0, 0.1) is 5.92 Å². The molecule has 3 fully saturated rings. The molecule has 0 radical (unpaired) electrons. The van der Waals surface area contributed by atoms with Crippen molar-refractivity contribution in [2.45, 2.75) is 226 Å². The van der Waals surface area contributed by atoms with E-state index >= 15 is 28.8 Å². The fourth-order valence-corrected chi connectivity index (χ4v) is 18.3. The highest BCUT2D eigenvalue weighted by Crippen LogP contribution is 2.50. The lowest BCUT2D eigenvalue weighted by Gasteiger charge is -2.48. The van der Waals surface area contributed by atoms with Crippen molar-refractivity contribution in [3.63, 3.8) is 0 Å². The molecule has 7 aromatic rings. The van der Waals surface area contributed by atoms with Gasteiger partial charge in [-0.05, 0) is 201 Å². The zero-order chi connectivity index (χ0) is 103. The van der Waals surface area contributed by atoms with Crippen molar-refractivity contribution in [2.75, 3.05) is 53.2 Å². The average Bonchev–Trinajstić information content (AvgIpc) is 0.760. The lowest BCUT2D eigenvalue weighted by Crippen LogP contribution is -2.65. The van der Waals surface area contributed by atoms with Gasteiger partial charge >= 0.3 is 18.0 Å². The van der Waals surface area contributed by atoms with E-state index in [1.165, 1.54) is 32.0 Å². The first-order chi connectivity index (χ1) is 67.9. The molecule has 772 valence electrons. The van der Waals surface area contributed by atoms with Gasteiger partial charge in [0.1, 0.15) is 84.0 Å². The number of ether oxygens (including phenoxy) is 10. The van der Waals surface area contributed by atoms with E-state index in [0.717, 1.165) is 102 Å². The number of amides is 8. The number of fused-ring (bicyclic) bond motifs is 15. The average molecular weight is 2050 g/mol. The summed E-state index contributed by atoms with van der Waals surface area (Å²) in [5.74, 6) is -16.4. The van der Waals surface area contributed by atoms with Gasteiger partial charge in [-0.1, -0.05) is 115 Å². The van der Waals surface area contributed by atoms with E-state index < -0.39 is 286 Å². The van der Waals surface area contributed by atoms with E-state index in [4.69, 9.17) is 99.4 Å². The Morgan fingerprint density at radius 1 is 0.636 bits per heavy atom. The molecule has 8 aliphatic heterocycles. The number of benzene rings is 7. The molecule has 22 atom stereocenters. The van der Waals surface area contributed by atoms with Gasteiger partial charge in [0.15, 0.2) is 42.5 Å². The summed E-state index contributed by atoms with van der Waals surface area (Å²) in [5, 5.41) is 141. The minimum Gasteiger partial charge on any atom is -0.508 e. The molecule has 15 rings (SSSR count). The number of carboxylic acid groups (broad SMARTS) is 1. The third kappa shape index (κ3) is 26.2.